The summed E-state index contributed by atoms with van der Waals surface area (Å²) in [5.74, 6) is 0.277. The van der Waals surface area contributed by atoms with E-state index in [9.17, 15) is 9.90 Å². The molecule has 2 aromatic heterocycles. The summed E-state index contributed by atoms with van der Waals surface area (Å²) in [5, 5.41) is 17.3. The second-order valence-electron chi connectivity index (χ2n) is 5.19. The lowest BCUT2D eigenvalue weighted by molar-refractivity contribution is 0.484. The van der Waals surface area contributed by atoms with Gasteiger partial charge in [0.15, 0.2) is 21.7 Å². The molecule has 23 heavy (non-hydrogen) atoms. The van der Waals surface area contributed by atoms with Crippen LogP contribution in [0.25, 0.3) is 21.9 Å². The van der Waals surface area contributed by atoms with Gasteiger partial charge in [-0.05, 0) is 31.6 Å². The topological polar surface area (TPSA) is 87.6 Å². The second-order valence-corrected chi connectivity index (χ2v) is 5.60. The zero-order valence-electron chi connectivity index (χ0n) is 12.7. The Kier molecular flexibility index (Phi) is 3.96. The Morgan fingerprint density at radius 3 is 2.91 bits per heavy atom. The van der Waals surface area contributed by atoms with Crippen LogP contribution in [0.4, 0.5) is 5.69 Å². The van der Waals surface area contributed by atoms with Crippen LogP contribution >= 0.6 is 12.2 Å². The van der Waals surface area contributed by atoms with Crippen molar-refractivity contribution in [1.29, 1.82) is 0 Å². The fraction of sp³-hybridized carbons (Fsp3) is 0.250. The van der Waals surface area contributed by atoms with E-state index >= 15 is 0 Å². The monoisotopic (exact) mass is 332 g/mol. The van der Waals surface area contributed by atoms with Gasteiger partial charge in [0.05, 0.1) is 11.6 Å². The molecule has 0 saturated heterocycles. The van der Waals surface area contributed by atoms with E-state index in [1.54, 1.807) is 13.0 Å². The third-order valence-corrected chi connectivity index (χ3v) is 3.70. The first kappa shape index (κ1) is 15.4. The van der Waals surface area contributed by atoms with Crippen LogP contribution in [0.1, 0.15) is 19.1 Å². The summed E-state index contributed by atoms with van der Waals surface area (Å²) in [6, 6.07) is 2.93. The van der Waals surface area contributed by atoms with Gasteiger partial charge in [-0.25, -0.2) is 0 Å². The van der Waals surface area contributed by atoms with Crippen molar-refractivity contribution in [3.8, 4) is 5.75 Å². The molecular formula is C16H16N2O4S. The van der Waals surface area contributed by atoms with E-state index in [0.717, 1.165) is 6.42 Å². The maximum absolute atomic E-state index is 12.3. The highest BCUT2D eigenvalue weighted by atomic mass is 32.1. The van der Waals surface area contributed by atoms with E-state index in [0.29, 0.717) is 34.1 Å². The van der Waals surface area contributed by atoms with E-state index in [2.05, 4.69) is 10.6 Å². The van der Waals surface area contributed by atoms with Crippen LogP contribution in [-0.4, -0.2) is 16.8 Å². The van der Waals surface area contributed by atoms with Crippen LogP contribution in [0.3, 0.4) is 0 Å². The molecule has 0 radical (unpaired) electrons. The van der Waals surface area contributed by atoms with Crippen molar-refractivity contribution in [2.75, 3.05) is 11.9 Å². The lowest BCUT2D eigenvalue weighted by Gasteiger charge is -2.13. The zero-order valence-corrected chi connectivity index (χ0v) is 13.5. The number of nitrogens with one attached hydrogen (secondary N) is 2. The third-order valence-electron chi connectivity index (χ3n) is 3.46. The maximum Gasteiger partial charge on any atom is 0.196 e. The lowest BCUT2D eigenvalue weighted by atomic mass is 10.1. The Morgan fingerprint density at radius 2 is 2.17 bits per heavy atom. The number of hydrogen-bond donors (Lipinski definition) is 3. The first-order valence-corrected chi connectivity index (χ1v) is 7.65. The highest BCUT2D eigenvalue weighted by Gasteiger charge is 2.21. The molecule has 3 rings (SSSR count). The Hall–Kier alpha value is -2.54. The predicted molar refractivity (Wildman–Crippen MR) is 93.2 cm³/mol. The van der Waals surface area contributed by atoms with Gasteiger partial charge >= 0.3 is 0 Å². The molecule has 0 bridgehead atoms. The fourth-order valence-electron chi connectivity index (χ4n) is 2.45. The minimum Gasteiger partial charge on any atom is -0.506 e. The van der Waals surface area contributed by atoms with Gasteiger partial charge in [0.2, 0.25) is 0 Å². The van der Waals surface area contributed by atoms with Crippen LogP contribution in [-0.2, 0) is 0 Å². The zero-order chi connectivity index (χ0) is 16.6. The second kappa shape index (κ2) is 5.92. The number of rotatable bonds is 3. The minimum atomic E-state index is -0.320. The molecule has 0 aliphatic heterocycles. The van der Waals surface area contributed by atoms with E-state index in [1.807, 2.05) is 6.92 Å². The van der Waals surface area contributed by atoms with Gasteiger partial charge in [-0.15, -0.1) is 0 Å². The first-order chi connectivity index (χ1) is 11.0. The van der Waals surface area contributed by atoms with E-state index in [4.69, 9.17) is 21.1 Å². The summed E-state index contributed by atoms with van der Waals surface area (Å²) in [5.41, 5.74) is 0.701. The first-order valence-electron chi connectivity index (χ1n) is 7.24. The van der Waals surface area contributed by atoms with E-state index in [-0.39, 0.29) is 22.1 Å². The molecule has 3 N–H and O–H groups in total. The average molecular weight is 332 g/mol. The number of furan rings is 1. The number of thiocarbonyl (C=S) groups is 1. The smallest absolute Gasteiger partial charge is 0.196 e. The molecule has 0 atom stereocenters. The Bertz CT molecular complexity index is 958. The van der Waals surface area contributed by atoms with Crippen LogP contribution < -0.4 is 16.1 Å². The molecule has 2 heterocycles. The van der Waals surface area contributed by atoms with Crippen molar-refractivity contribution < 1.29 is 13.9 Å². The normalized spacial score (nSPS) is 11.0. The number of anilines is 1. The highest BCUT2D eigenvalue weighted by molar-refractivity contribution is 7.80. The van der Waals surface area contributed by atoms with Gasteiger partial charge in [0.1, 0.15) is 22.6 Å². The van der Waals surface area contributed by atoms with Crippen LogP contribution in [0, 0.1) is 6.92 Å². The van der Waals surface area contributed by atoms with Gasteiger partial charge in [-0.1, -0.05) is 6.92 Å². The standard InChI is InChI=1S/C16H16N2O4S/c1-3-5-17-16(23)18-12-14-9(4-6-21-14)13(20)11-10(19)7-8(2)22-15(11)12/h4,6-7,20H,3,5H2,1-2H3,(H2,17,18,23). The number of aryl methyl sites for hydroxylation is 1. The van der Waals surface area contributed by atoms with Gasteiger partial charge in [0, 0.05) is 12.6 Å². The maximum atomic E-state index is 12.3. The summed E-state index contributed by atoms with van der Waals surface area (Å²) in [6.45, 7) is 4.41. The summed E-state index contributed by atoms with van der Waals surface area (Å²) in [4.78, 5) is 12.3. The minimum absolute atomic E-state index is 0.102. The van der Waals surface area contributed by atoms with Crippen molar-refractivity contribution in [1.82, 2.24) is 5.32 Å². The van der Waals surface area contributed by atoms with Crippen LogP contribution in [0.5, 0.6) is 5.75 Å². The molecule has 6 nitrogen and oxygen atoms in total. The number of benzene rings is 1. The van der Waals surface area contributed by atoms with E-state index < -0.39 is 0 Å². The molecule has 0 amide bonds. The Labute approximate surface area is 137 Å². The van der Waals surface area contributed by atoms with Crippen LogP contribution in [0.15, 0.2) is 32.0 Å². The van der Waals surface area contributed by atoms with Gasteiger partial charge in [0.25, 0.3) is 0 Å². The molecule has 0 aliphatic carbocycles. The van der Waals surface area contributed by atoms with Crippen LogP contribution in [0.2, 0.25) is 0 Å². The molecule has 7 heteroatoms. The SMILES string of the molecule is CCCNC(=S)Nc1c2occc2c(O)c2c(=O)cc(C)oc12. The number of phenolic OH excluding ortho intramolecular Hbond substituents is 1. The van der Waals surface area contributed by atoms with Gasteiger partial charge in [-0.2, -0.15) is 0 Å². The predicted octanol–water partition coefficient (Wildman–Crippen LogP) is 3.25. The quantitative estimate of drug-likeness (QED) is 0.501. The molecular weight excluding hydrogens is 316 g/mol. The number of fused-ring (bicyclic) bond motifs is 2. The Balaban J connectivity index is 2.28. The number of hydrogen-bond acceptors (Lipinski definition) is 5. The van der Waals surface area contributed by atoms with Gasteiger partial charge < -0.3 is 24.6 Å². The van der Waals surface area contributed by atoms with Crippen molar-refractivity contribution in [3.05, 3.63) is 34.4 Å². The Morgan fingerprint density at radius 1 is 1.39 bits per heavy atom. The molecule has 0 unspecified atom stereocenters. The molecule has 3 aromatic rings. The van der Waals surface area contributed by atoms with Crippen molar-refractivity contribution in [2.24, 2.45) is 0 Å². The molecule has 0 fully saturated rings. The molecule has 1 aromatic carbocycles. The third kappa shape index (κ3) is 2.63. The lowest BCUT2D eigenvalue weighted by Crippen LogP contribution is -2.29. The summed E-state index contributed by atoms with van der Waals surface area (Å²) < 4.78 is 11.1. The molecule has 0 spiro atoms. The van der Waals surface area contributed by atoms with Crippen molar-refractivity contribution in [3.63, 3.8) is 0 Å². The van der Waals surface area contributed by atoms with Gasteiger partial charge in [-0.3, -0.25) is 4.79 Å². The summed E-state index contributed by atoms with van der Waals surface area (Å²) >= 11 is 5.25. The summed E-state index contributed by atoms with van der Waals surface area (Å²) in [7, 11) is 0. The number of phenols is 1. The van der Waals surface area contributed by atoms with E-state index in [1.165, 1.54) is 12.3 Å². The average Bonchev–Trinajstić information content (AvgIpc) is 2.98. The molecule has 120 valence electrons. The highest BCUT2D eigenvalue weighted by Crippen LogP contribution is 2.40. The largest absolute Gasteiger partial charge is 0.506 e. The van der Waals surface area contributed by atoms with Crippen molar-refractivity contribution >= 4 is 45.0 Å². The number of aromatic hydroxyl groups is 1. The van der Waals surface area contributed by atoms with Crippen molar-refractivity contribution in [2.45, 2.75) is 20.3 Å². The fourth-order valence-corrected chi connectivity index (χ4v) is 2.65. The molecule has 0 saturated carbocycles. The molecule has 0 aliphatic rings. The summed E-state index contributed by atoms with van der Waals surface area (Å²) in [6.07, 6.45) is 2.36.